The first-order chi connectivity index (χ1) is 7.42. The van der Waals surface area contributed by atoms with E-state index in [2.05, 4.69) is 21.3 Å². The van der Waals surface area contributed by atoms with Gasteiger partial charge in [-0.3, -0.25) is 0 Å². The Bertz CT molecular complexity index is 308. The van der Waals surface area contributed by atoms with Crippen LogP contribution in [-0.2, 0) is 0 Å². The van der Waals surface area contributed by atoms with E-state index >= 15 is 0 Å². The van der Waals surface area contributed by atoms with Crippen molar-refractivity contribution in [3.63, 3.8) is 0 Å². The Hall–Kier alpha value is -1.29. The van der Waals surface area contributed by atoms with E-state index in [-0.39, 0.29) is 0 Å². The molecule has 0 unspecified atom stereocenters. The van der Waals surface area contributed by atoms with Crippen molar-refractivity contribution in [2.45, 2.75) is 6.42 Å². The first kappa shape index (κ1) is 10.2. The Balaban J connectivity index is 2.18. The summed E-state index contributed by atoms with van der Waals surface area (Å²) in [6, 6.07) is 4.02. The fraction of sp³-hybridized carbons (Fsp3) is 0.545. The average Bonchev–Trinajstić information content (AvgIpc) is 2.57. The van der Waals surface area contributed by atoms with E-state index in [1.807, 2.05) is 6.07 Å². The number of rotatable bonds is 2. The zero-order valence-electron chi connectivity index (χ0n) is 9.07. The summed E-state index contributed by atoms with van der Waals surface area (Å²) in [4.78, 5) is 6.54. The van der Waals surface area contributed by atoms with Crippen LogP contribution in [0.4, 0.5) is 5.69 Å². The minimum atomic E-state index is 0.722. The van der Waals surface area contributed by atoms with Crippen molar-refractivity contribution in [2.75, 3.05) is 38.2 Å². The minimum absolute atomic E-state index is 0.722. The highest BCUT2D eigenvalue weighted by atomic mass is 16.5. The lowest BCUT2D eigenvalue weighted by molar-refractivity contribution is 0.397. The number of anilines is 1. The quantitative estimate of drug-likeness (QED) is 0.781. The molecule has 1 aromatic rings. The van der Waals surface area contributed by atoms with Gasteiger partial charge in [0.25, 0.3) is 0 Å². The second kappa shape index (κ2) is 4.98. The summed E-state index contributed by atoms with van der Waals surface area (Å²) < 4.78 is 5.27. The van der Waals surface area contributed by atoms with Gasteiger partial charge in [0.05, 0.1) is 12.8 Å². The van der Waals surface area contributed by atoms with Crippen molar-refractivity contribution in [3.8, 4) is 5.88 Å². The number of hydrogen-bond acceptors (Lipinski definition) is 4. The van der Waals surface area contributed by atoms with Gasteiger partial charge in [-0.25, -0.2) is 4.98 Å². The summed E-state index contributed by atoms with van der Waals surface area (Å²) in [6.07, 6.45) is 2.93. The highest BCUT2D eigenvalue weighted by Crippen LogP contribution is 2.25. The molecule has 0 aliphatic carbocycles. The molecule has 4 nitrogen and oxygen atoms in total. The lowest BCUT2D eigenvalue weighted by Crippen LogP contribution is -2.28. The molecular weight excluding hydrogens is 190 g/mol. The molecule has 0 spiro atoms. The second-order valence-electron chi connectivity index (χ2n) is 3.62. The van der Waals surface area contributed by atoms with Crippen LogP contribution in [0.5, 0.6) is 5.88 Å². The van der Waals surface area contributed by atoms with Crippen LogP contribution in [0, 0.1) is 0 Å². The molecule has 4 heteroatoms. The number of nitrogens with zero attached hydrogens (tertiary/aromatic N) is 2. The highest BCUT2D eigenvalue weighted by Gasteiger charge is 2.13. The fourth-order valence-electron chi connectivity index (χ4n) is 1.87. The molecule has 1 aliphatic rings. The molecule has 82 valence electrons. The van der Waals surface area contributed by atoms with Crippen molar-refractivity contribution < 1.29 is 4.74 Å². The van der Waals surface area contributed by atoms with Gasteiger partial charge in [-0.2, -0.15) is 0 Å². The van der Waals surface area contributed by atoms with Crippen LogP contribution < -0.4 is 15.0 Å². The molecule has 1 aromatic heterocycles. The van der Waals surface area contributed by atoms with E-state index in [1.165, 1.54) is 0 Å². The molecule has 0 amide bonds. The molecule has 0 aromatic carbocycles. The molecule has 1 aliphatic heterocycles. The summed E-state index contributed by atoms with van der Waals surface area (Å²) in [7, 11) is 1.67. The maximum Gasteiger partial charge on any atom is 0.237 e. The number of methoxy groups -OCH3 is 1. The van der Waals surface area contributed by atoms with Gasteiger partial charge in [-0.1, -0.05) is 0 Å². The number of hydrogen-bond donors (Lipinski definition) is 1. The summed E-state index contributed by atoms with van der Waals surface area (Å²) in [5.41, 5.74) is 1.10. The first-order valence-corrected chi connectivity index (χ1v) is 5.36. The Kier molecular flexibility index (Phi) is 3.40. The van der Waals surface area contributed by atoms with E-state index < -0.39 is 0 Å². The Morgan fingerprint density at radius 3 is 3.20 bits per heavy atom. The molecule has 1 N–H and O–H groups in total. The first-order valence-electron chi connectivity index (χ1n) is 5.36. The van der Waals surface area contributed by atoms with Crippen LogP contribution in [0.2, 0.25) is 0 Å². The zero-order valence-corrected chi connectivity index (χ0v) is 9.07. The standard InChI is InChI=1S/C11H17N3O/c1-15-11-10(4-2-6-13-11)14-8-3-5-12-7-9-14/h2,4,6,12H,3,5,7-9H2,1H3. The normalized spacial score (nSPS) is 17.3. The number of ether oxygens (including phenoxy) is 1. The van der Waals surface area contributed by atoms with Gasteiger partial charge in [0.2, 0.25) is 5.88 Å². The minimum Gasteiger partial charge on any atom is -0.480 e. The van der Waals surface area contributed by atoms with Gasteiger partial charge in [0.1, 0.15) is 0 Å². The lowest BCUT2D eigenvalue weighted by atomic mass is 10.3. The summed E-state index contributed by atoms with van der Waals surface area (Å²) >= 11 is 0. The SMILES string of the molecule is COc1ncccc1N1CCCNCC1. The highest BCUT2D eigenvalue weighted by molar-refractivity contribution is 5.54. The largest absolute Gasteiger partial charge is 0.480 e. The van der Waals surface area contributed by atoms with Crippen LogP contribution in [0.3, 0.4) is 0 Å². The molecule has 2 rings (SSSR count). The second-order valence-corrected chi connectivity index (χ2v) is 3.62. The monoisotopic (exact) mass is 207 g/mol. The number of nitrogens with one attached hydrogen (secondary N) is 1. The number of pyridine rings is 1. The third-order valence-corrected chi connectivity index (χ3v) is 2.63. The van der Waals surface area contributed by atoms with E-state index in [4.69, 9.17) is 4.74 Å². The van der Waals surface area contributed by atoms with Crippen LogP contribution in [-0.4, -0.2) is 38.3 Å². The molecule has 0 radical (unpaired) electrons. The van der Waals surface area contributed by atoms with Gasteiger partial charge in [0, 0.05) is 25.8 Å². The molecule has 1 saturated heterocycles. The molecule has 1 fully saturated rings. The summed E-state index contributed by atoms with van der Waals surface area (Å²) in [5.74, 6) is 0.722. The van der Waals surface area contributed by atoms with E-state index in [9.17, 15) is 0 Å². The van der Waals surface area contributed by atoms with Crippen LogP contribution in [0.15, 0.2) is 18.3 Å². The zero-order chi connectivity index (χ0) is 10.5. The van der Waals surface area contributed by atoms with Gasteiger partial charge >= 0.3 is 0 Å². The molecule has 15 heavy (non-hydrogen) atoms. The topological polar surface area (TPSA) is 37.4 Å². The van der Waals surface area contributed by atoms with Crippen LogP contribution in [0.25, 0.3) is 0 Å². The van der Waals surface area contributed by atoms with Gasteiger partial charge in [-0.05, 0) is 25.1 Å². The maximum absolute atomic E-state index is 5.27. The Labute approximate surface area is 90.3 Å². The van der Waals surface area contributed by atoms with Crippen molar-refractivity contribution >= 4 is 5.69 Å². The van der Waals surface area contributed by atoms with Gasteiger partial charge < -0.3 is 15.0 Å². The van der Waals surface area contributed by atoms with E-state index in [0.717, 1.165) is 44.2 Å². The lowest BCUT2D eigenvalue weighted by Gasteiger charge is -2.23. The average molecular weight is 207 g/mol. The molecular formula is C11H17N3O. The van der Waals surface area contributed by atoms with Crippen molar-refractivity contribution in [3.05, 3.63) is 18.3 Å². The van der Waals surface area contributed by atoms with Crippen LogP contribution >= 0.6 is 0 Å². The fourth-order valence-corrected chi connectivity index (χ4v) is 1.87. The summed E-state index contributed by atoms with van der Waals surface area (Å²) in [6.45, 7) is 4.20. The predicted octanol–water partition coefficient (Wildman–Crippen LogP) is 0.890. The third-order valence-electron chi connectivity index (χ3n) is 2.63. The molecule has 0 saturated carbocycles. The smallest absolute Gasteiger partial charge is 0.237 e. The maximum atomic E-state index is 5.27. The molecule has 0 bridgehead atoms. The molecule has 2 heterocycles. The van der Waals surface area contributed by atoms with E-state index in [0.29, 0.717) is 0 Å². The van der Waals surface area contributed by atoms with Crippen molar-refractivity contribution in [1.82, 2.24) is 10.3 Å². The number of aromatic nitrogens is 1. The summed E-state index contributed by atoms with van der Waals surface area (Å²) in [5, 5.41) is 3.38. The van der Waals surface area contributed by atoms with Gasteiger partial charge in [0.15, 0.2) is 0 Å². The molecule has 0 atom stereocenters. The van der Waals surface area contributed by atoms with Crippen molar-refractivity contribution in [1.29, 1.82) is 0 Å². The van der Waals surface area contributed by atoms with Gasteiger partial charge in [-0.15, -0.1) is 0 Å². The van der Waals surface area contributed by atoms with Crippen LogP contribution in [0.1, 0.15) is 6.42 Å². The van der Waals surface area contributed by atoms with E-state index in [1.54, 1.807) is 13.3 Å². The van der Waals surface area contributed by atoms with Crippen molar-refractivity contribution in [2.24, 2.45) is 0 Å². The Morgan fingerprint density at radius 1 is 1.40 bits per heavy atom. The third kappa shape index (κ3) is 2.39. The predicted molar refractivity (Wildman–Crippen MR) is 60.5 cm³/mol. The Morgan fingerprint density at radius 2 is 2.33 bits per heavy atom.